The molecule has 3 aromatic rings. The Morgan fingerprint density at radius 1 is 1.11 bits per heavy atom. The van der Waals surface area contributed by atoms with Gasteiger partial charge in [-0.2, -0.15) is 18.3 Å². The Morgan fingerprint density at radius 3 is 2.44 bits per heavy atom. The molecule has 1 N–H and O–H groups in total. The van der Waals surface area contributed by atoms with E-state index in [9.17, 15) is 22.8 Å². The van der Waals surface area contributed by atoms with E-state index in [-0.39, 0.29) is 11.4 Å². The van der Waals surface area contributed by atoms with Crippen molar-refractivity contribution in [2.45, 2.75) is 13.1 Å². The van der Waals surface area contributed by atoms with Gasteiger partial charge in [0.2, 0.25) is 5.43 Å². The van der Waals surface area contributed by atoms with E-state index in [1.54, 1.807) is 0 Å². The number of alkyl halides is 3. The summed E-state index contributed by atoms with van der Waals surface area (Å²) in [6.07, 6.45) is -1.74. The molecule has 0 radical (unpaired) electrons. The SMILES string of the molecule is Cc1cc(=O)c(C(=O)Nc2ccncc2)nn1-c1ccccc1C(F)(F)F. The van der Waals surface area contributed by atoms with Crippen molar-refractivity contribution in [3.8, 4) is 5.69 Å². The van der Waals surface area contributed by atoms with E-state index in [1.807, 2.05) is 0 Å². The fourth-order valence-corrected chi connectivity index (χ4v) is 2.47. The highest BCUT2D eigenvalue weighted by Crippen LogP contribution is 2.33. The number of aryl methyl sites for hydroxylation is 1. The molecule has 0 aliphatic heterocycles. The van der Waals surface area contributed by atoms with Gasteiger partial charge in [-0.25, -0.2) is 4.68 Å². The summed E-state index contributed by atoms with van der Waals surface area (Å²) >= 11 is 0. The van der Waals surface area contributed by atoms with E-state index in [0.717, 1.165) is 16.8 Å². The Hall–Kier alpha value is -3.49. The number of pyridine rings is 1. The summed E-state index contributed by atoms with van der Waals surface area (Å²) in [6, 6.07) is 8.87. The minimum Gasteiger partial charge on any atom is -0.320 e. The van der Waals surface area contributed by atoms with Gasteiger partial charge in [-0.15, -0.1) is 0 Å². The van der Waals surface area contributed by atoms with Crippen molar-refractivity contribution in [2.24, 2.45) is 0 Å². The zero-order valence-electron chi connectivity index (χ0n) is 14.0. The maximum absolute atomic E-state index is 13.3. The van der Waals surface area contributed by atoms with E-state index >= 15 is 0 Å². The van der Waals surface area contributed by atoms with Crippen LogP contribution in [0.5, 0.6) is 0 Å². The van der Waals surface area contributed by atoms with Gasteiger partial charge < -0.3 is 5.32 Å². The highest BCUT2D eigenvalue weighted by molar-refractivity contribution is 6.02. The van der Waals surface area contributed by atoms with Crippen molar-refractivity contribution in [1.29, 1.82) is 0 Å². The zero-order chi connectivity index (χ0) is 19.6. The molecule has 3 rings (SSSR count). The lowest BCUT2D eigenvalue weighted by Gasteiger charge is -2.16. The lowest BCUT2D eigenvalue weighted by molar-refractivity contribution is -0.137. The van der Waals surface area contributed by atoms with E-state index in [2.05, 4.69) is 15.4 Å². The van der Waals surface area contributed by atoms with Gasteiger partial charge >= 0.3 is 6.18 Å². The summed E-state index contributed by atoms with van der Waals surface area (Å²) in [6.45, 7) is 1.44. The van der Waals surface area contributed by atoms with Gasteiger partial charge in [0.1, 0.15) is 0 Å². The predicted molar refractivity (Wildman–Crippen MR) is 91.8 cm³/mol. The van der Waals surface area contributed by atoms with Crippen LogP contribution in [0.4, 0.5) is 18.9 Å². The molecular weight excluding hydrogens is 361 g/mol. The first-order chi connectivity index (χ1) is 12.8. The maximum atomic E-state index is 13.3. The third kappa shape index (κ3) is 3.86. The van der Waals surface area contributed by atoms with Gasteiger partial charge in [0.05, 0.1) is 11.3 Å². The average molecular weight is 374 g/mol. The normalized spacial score (nSPS) is 11.3. The van der Waals surface area contributed by atoms with Crippen LogP contribution in [-0.4, -0.2) is 20.7 Å². The van der Waals surface area contributed by atoms with E-state index in [4.69, 9.17) is 0 Å². The summed E-state index contributed by atoms with van der Waals surface area (Å²) < 4.78 is 40.8. The molecule has 0 bridgehead atoms. The number of halogens is 3. The molecule has 138 valence electrons. The summed E-state index contributed by atoms with van der Waals surface area (Å²) in [4.78, 5) is 28.3. The quantitative estimate of drug-likeness (QED) is 0.764. The molecule has 2 aromatic heterocycles. The second-order valence-electron chi connectivity index (χ2n) is 5.62. The Kier molecular flexibility index (Phi) is 4.76. The Labute approximate surface area is 151 Å². The Bertz CT molecular complexity index is 1050. The van der Waals surface area contributed by atoms with Gasteiger partial charge in [0.15, 0.2) is 5.69 Å². The smallest absolute Gasteiger partial charge is 0.320 e. The molecule has 0 aliphatic rings. The van der Waals surface area contributed by atoms with Crippen molar-refractivity contribution in [1.82, 2.24) is 14.8 Å². The first-order valence-electron chi connectivity index (χ1n) is 7.76. The monoisotopic (exact) mass is 374 g/mol. The molecule has 27 heavy (non-hydrogen) atoms. The number of benzene rings is 1. The fraction of sp³-hybridized carbons (Fsp3) is 0.111. The zero-order valence-corrected chi connectivity index (χ0v) is 14.0. The standard InChI is InChI=1S/C18H13F3N4O2/c1-11-10-15(26)16(17(27)23-12-6-8-22-9-7-12)24-25(11)14-5-3-2-4-13(14)18(19,20)21/h2-10H,1H3,(H,22,23,27). The molecule has 0 unspecified atom stereocenters. The van der Waals surface area contributed by atoms with Gasteiger partial charge in [0, 0.05) is 29.8 Å². The third-order valence-corrected chi connectivity index (χ3v) is 3.70. The number of carbonyl (C=O) groups is 1. The van der Waals surface area contributed by atoms with Crippen LogP contribution in [0.25, 0.3) is 5.69 Å². The maximum Gasteiger partial charge on any atom is 0.418 e. The molecule has 0 fully saturated rings. The van der Waals surface area contributed by atoms with Crippen LogP contribution in [0.1, 0.15) is 21.7 Å². The summed E-state index contributed by atoms with van der Waals surface area (Å²) in [5.41, 5.74) is -1.88. The van der Waals surface area contributed by atoms with Crippen molar-refractivity contribution >= 4 is 11.6 Å². The van der Waals surface area contributed by atoms with Crippen LogP contribution in [0.3, 0.4) is 0 Å². The van der Waals surface area contributed by atoms with E-state index < -0.39 is 28.8 Å². The molecule has 6 nitrogen and oxygen atoms in total. The molecular formula is C18H13F3N4O2. The van der Waals surface area contributed by atoms with Crippen molar-refractivity contribution in [3.05, 3.63) is 82.0 Å². The number of nitrogens with one attached hydrogen (secondary N) is 1. The number of rotatable bonds is 3. The van der Waals surface area contributed by atoms with Crippen LogP contribution in [-0.2, 0) is 6.18 Å². The first-order valence-corrected chi connectivity index (χ1v) is 7.76. The summed E-state index contributed by atoms with van der Waals surface area (Å²) in [7, 11) is 0. The summed E-state index contributed by atoms with van der Waals surface area (Å²) in [5, 5.41) is 6.35. The predicted octanol–water partition coefficient (Wildman–Crippen LogP) is 3.21. The average Bonchev–Trinajstić information content (AvgIpc) is 2.62. The lowest BCUT2D eigenvalue weighted by Crippen LogP contribution is -2.27. The molecule has 0 spiro atoms. The highest BCUT2D eigenvalue weighted by Gasteiger charge is 2.34. The van der Waals surface area contributed by atoms with E-state index in [0.29, 0.717) is 5.69 Å². The van der Waals surface area contributed by atoms with Gasteiger partial charge in [-0.3, -0.25) is 14.6 Å². The molecule has 0 saturated carbocycles. The second kappa shape index (κ2) is 7.02. The number of nitrogens with zero attached hydrogens (tertiary/aromatic N) is 3. The van der Waals surface area contributed by atoms with Gasteiger partial charge in [0.25, 0.3) is 5.91 Å². The lowest BCUT2D eigenvalue weighted by atomic mass is 10.1. The topological polar surface area (TPSA) is 76.9 Å². The molecule has 0 saturated heterocycles. The van der Waals surface area contributed by atoms with Crippen molar-refractivity contribution in [3.63, 3.8) is 0 Å². The number of carbonyl (C=O) groups excluding carboxylic acids is 1. The van der Waals surface area contributed by atoms with E-state index in [1.165, 1.54) is 49.6 Å². The highest BCUT2D eigenvalue weighted by atomic mass is 19.4. The van der Waals surface area contributed by atoms with Crippen LogP contribution < -0.4 is 10.7 Å². The van der Waals surface area contributed by atoms with Crippen LogP contribution >= 0.6 is 0 Å². The van der Waals surface area contributed by atoms with Crippen LogP contribution in [0.2, 0.25) is 0 Å². The van der Waals surface area contributed by atoms with Crippen molar-refractivity contribution in [2.75, 3.05) is 5.32 Å². The molecule has 0 atom stereocenters. The fourth-order valence-electron chi connectivity index (χ4n) is 2.47. The molecule has 1 aromatic carbocycles. The second-order valence-corrected chi connectivity index (χ2v) is 5.62. The Morgan fingerprint density at radius 2 is 1.78 bits per heavy atom. The molecule has 1 amide bonds. The first kappa shape index (κ1) is 18.3. The minimum atomic E-state index is -4.62. The van der Waals surface area contributed by atoms with Crippen LogP contribution in [0, 0.1) is 6.92 Å². The number of amides is 1. The van der Waals surface area contributed by atoms with Gasteiger partial charge in [-0.05, 0) is 31.2 Å². The number of aromatic nitrogens is 3. The Balaban J connectivity index is 2.09. The molecule has 0 aliphatic carbocycles. The number of para-hydroxylation sites is 1. The summed E-state index contributed by atoms with van der Waals surface area (Å²) in [5.74, 6) is -0.829. The largest absolute Gasteiger partial charge is 0.418 e. The number of hydrogen-bond acceptors (Lipinski definition) is 4. The molecule has 2 heterocycles. The third-order valence-electron chi connectivity index (χ3n) is 3.70. The van der Waals surface area contributed by atoms with Gasteiger partial charge in [-0.1, -0.05) is 12.1 Å². The van der Waals surface area contributed by atoms with Crippen molar-refractivity contribution < 1.29 is 18.0 Å². The van der Waals surface area contributed by atoms with Crippen LogP contribution in [0.15, 0.2) is 59.7 Å². The number of anilines is 1. The minimum absolute atomic E-state index is 0.164. The number of hydrogen-bond donors (Lipinski definition) is 1. The molecule has 9 heteroatoms.